The number of amides is 1. The monoisotopic (exact) mass is 293 g/mol. The van der Waals surface area contributed by atoms with Crippen molar-refractivity contribution in [2.45, 2.75) is 38.6 Å². The van der Waals surface area contributed by atoms with Crippen LogP contribution in [0.4, 0.5) is 4.79 Å². The Morgan fingerprint density at radius 3 is 2.67 bits per heavy atom. The summed E-state index contributed by atoms with van der Waals surface area (Å²) in [6.07, 6.45) is -1.55. The van der Waals surface area contributed by atoms with Crippen LogP contribution in [0.15, 0.2) is 30.3 Å². The predicted octanol–water partition coefficient (Wildman–Crippen LogP) is 2.36. The maximum Gasteiger partial charge on any atom is 0.410 e. The minimum Gasteiger partial charge on any atom is -0.444 e. The molecule has 1 aliphatic heterocycles. The van der Waals surface area contributed by atoms with Crippen molar-refractivity contribution in [1.82, 2.24) is 4.90 Å². The smallest absolute Gasteiger partial charge is 0.410 e. The first-order valence-corrected chi connectivity index (χ1v) is 7.19. The van der Waals surface area contributed by atoms with Crippen molar-refractivity contribution in [1.29, 1.82) is 0 Å². The Hall–Kier alpha value is -1.59. The van der Waals surface area contributed by atoms with Gasteiger partial charge in [0.25, 0.3) is 0 Å². The van der Waals surface area contributed by atoms with Gasteiger partial charge in [-0.25, -0.2) is 4.79 Å². The molecule has 1 fully saturated rings. The standard InChI is InChI=1S/C16H23NO4/c1-16(2,3)21-15(19)17-9-10-20-13(11-17)14(18)12-7-5-4-6-8-12/h4-8,13-14,18H,9-11H2,1-3H3/t13-,14-/m0/s1. The van der Waals surface area contributed by atoms with Gasteiger partial charge in [0.1, 0.15) is 17.8 Å². The van der Waals surface area contributed by atoms with Crippen LogP contribution < -0.4 is 0 Å². The van der Waals surface area contributed by atoms with Crippen molar-refractivity contribution in [3.63, 3.8) is 0 Å². The van der Waals surface area contributed by atoms with Crippen molar-refractivity contribution in [2.24, 2.45) is 0 Å². The number of carbonyl (C=O) groups excluding carboxylic acids is 1. The Morgan fingerprint density at radius 1 is 1.38 bits per heavy atom. The van der Waals surface area contributed by atoms with Gasteiger partial charge in [0, 0.05) is 6.54 Å². The van der Waals surface area contributed by atoms with Crippen molar-refractivity contribution in [3.8, 4) is 0 Å². The summed E-state index contributed by atoms with van der Waals surface area (Å²) in [4.78, 5) is 13.7. The molecule has 1 aromatic rings. The van der Waals surface area contributed by atoms with E-state index in [-0.39, 0.29) is 6.09 Å². The maximum absolute atomic E-state index is 12.1. The lowest BCUT2D eigenvalue weighted by Gasteiger charge is -2.36. The molecule has 1 heterocycles. The molecule has 1 amide bonds. The third-order valence-electron chi connectivity index (χ3n) is 3.24. The van der Waals surface area contributed by atoms with Gasteiger partial charge in [-0.05, 0) is 26.3 Å². The molecule has 2 rings (SSSR count). The molecule has 1 saturated heterocycles. The van der Waals surface area contributed by atoms with Crippen LogP contribution in [0.5, 0.6) is 0 Å². The van der Waals surface area contributed by atoms with Gasteiger partial charge in [-0.2, -0.15) is 0 Å². The van der Waals surface area contributed by atoms with Crippen molar-refractivity contribution < 1.29 is 19.4 Å². The Labute approximate surface area is 125 Å². The number of aliphatic hydroxyl groups is 1. The number of carbonyl (C=O) groups is 1. The molecular weight excluding hydrogens is 270 g/mol. The van der Waals surface area contributed by atoms with Gasteiger partial charge in [0.15, 0.2) is 0 Å². The third-order valence-corrected chi connectivity index (χ3v) is 3.24. The highest BCUT2D eigenvalue weighted by Gasteiger charge is 2.32. The fraction of sp³-hybridized carbons (Fsp3) is 0.562. The molecule has 1 aromatic carbocycles. The summed E-state index contributed by atoms with van der Waals surface area (Å²) >= 11 is 0. The molecule has 1 N–H and O–H groups in total. The molecule has 2 atom stereocenters. The van der Waals surface area contributed by atoms with E-state index in [1.807, 2.05) is 51.1 Å². The SMILES string of the molecule is CC(C)(C)OC(=O)N1CCO[C@H]([C@@H](O)c2ccccc2)C1. The second kappa shape index (κ2) is 6.45. The van der Waals surface area contributed by atoms with Crippen molar-refractivity contribution in [3.05, 3.63) is 35.9 Å². The quantitative estimate of drug-likeness (QED) is 0.909. The molecule has 0 aromatic heterocycles. The van der Waals surface area contributed by atoms with Gasteiger partial charge < -0.3 is 19.5 Å². The Balaban J connectivity index is 1.99. The molecule has 0 unspecified atom stereocenters. The second-order valence-corrected chi connectivity index (χ2v) is 6.19. The zero-order valence-electron chi connectivity index (χ0n) is 12.8. The maximum atomic E-state index is 12.1. The molecule has 21 heavy (non-hydrogen) atoms. The lowest BCUT2D eigenvalue weighted by atomic mass is 10.0. The van der Waals surface area contributed by atoms with Crippen LogP contribution in [-0.4, -0.2) is 47.5 Å². The lowest BCUT2D eigenvalue weighted by Crippen LogP contribution is -2.49. The van der Waals surface area contributed by atoms with E-state index >= 15 is 0 Å². The van der Waals surface area contributed by atoms with Crippen molar-refractivity contribution >= 4 is 6.09 Å². The number of morpholine rings is 1. The number of hydrogen-bond acceptors (Lipinski definition) is 4. The van der Waals surface area contributed by atoms with Crippen LogP contribution in [0, 0.1) is 0 Å². The highest BCUT2D eigenvalue weighted by Crippen LogP contribution is 2.23. The highest BCUT2D eigenvalue weighted by atomic mass is 16.6. The number of aliphatic hydroxyl groups excluding tert-OH is 1. The highest BCUT2D eigenvalue weighted by molar-refractivity contribution is 5.68. The molecule has 0 saturated carbocycles. The summed E-state index contributed by atoms with van der Waals surface area (Å²) in [5, 5.41) is 10.4. The average Bonchev–Trinajstić information content (AvgIpc) is 2.46. The zero-order valence-corrected chi connectivity index (χ0v) is 12.8. The minimum absolute atomic E-state index is 0.324. The zero-order chi connectivity index (χ0) is 15.5. The molecule has 5 nitrogen and oxygen atoms in total. The Morgan fingerprint density at radius 2 is 2.05 bits per heavy atom. The first-order valence-electron chi connectivity index (χ1n) is 7.19. The summed E-state index contributed by atoms with van der Waals surface area (Å²) < 4.78 is 11.0. The van der Waals surface area contributed by atoms with E-state index in [1.165, 1.54) is 0 Å². The van der Waals surface area contributed by atoms with Crippen LogP contribution >= 0.6 is 0 Å². The molecule has 0 aliphatic carbocycles. The van der Waals surface area contributed by atoms with E-state index in [9.17, 15) is 9.90 Å². The second-order valence-electron chi connectivity index (χ2n) is 6.19. The number of benzene rings is 1. The van der Waals surface area contributed by atoms with E-state index < -0.39 is 17.8 Å². The van der Waals surface area contributed by atoms with Gasteiger partial charge in [-0.1, -0.05) is 30.3 Å². The number of nitrogens with zero attached hydrogens (tertiary/aromatic N) is 1. The minimum atomic E-state index is -0.753. The molecule has 116 valence electrons. The third kappa shape index (κ3) is 4.44. The molecular formula is C16H23NO4. The molecule has 1 aliphatic rings. The Kier molecular flexibility index (Phi) is 4.85. The normalized spacial score (nSPS) is 21.0. The molecule has 0 bridgehead atoms. The summed E-state index contributed by atoms with van der Waals surface area (Å²) in [5.41, 5.74) is 0.261. The molecule has 0 radical (unpaired) electrons. The summed E-state index contributed by atoms with van der Waals surface area (Å²) in [6, 6.07) is 9.33. The lowest BCUT2D eigenvalue weighted by molar-refractivity contribution is -0.0908. The summed E-state index contributed by atoms with van der Waals surface area (Å²) in [6.45, 7) is 6.70. The first-order chi connectivity index (χ1) is 9.87. The van der Waals surface area contributed by atoms with E-state index in [2.05, 4.69) is 0 Å². The number of ether oxygens (including phenoxy) is 2. The first kappa shape index (κ1) is 15.8. The van der Waals surface area contributed by atoms with Crippen LogP contribution in [0.2, 0.25) is 0 Å². The Bertz CT molecular complexity index is 469. The van der Waals surface area contributed by atoms with E-state index in [1.54, 1.807) is 4.90 Å². The van der Waals surface area contributed by atoms with Crippen LogP contribution in [-0.2, 0) is 9.47 Å². The van der Waals surface area contributed by atoms with E-state index in [0.29, 0.717) is 19.7 Å². The molecule has 0 spiro atoms. The van der Waals surface area contributed by atoms with Crippen LogP contribution in [0.3, 0.4) is 0 Å². The van der Waals surface area contributed by atoms with Crippen LogP contribution in [0.25, 0.3) is 0 Å². The van der Waals surface area contributed by atoms with E-state index in [4.69, 9.17) is 9.47 Å². The fourth-order valence-corrected chi connectivity index (χ4v) is 2.22. The predicted molar refractivity (Wildman–Crippen MR) is 78.9 cm³/mol. The fourth-order valence-electron chi connectivity index (χ4n) is 2.22. The van der Waals surface area contributed by atoms with Gasteiger partial charge in [0.05, 0.1) is 13.2 Å². The molecule has 5 heteroatoms. The van der Waals surface area contributed by atoms with Gasteiger partial charge >= 0.3 is 6.09 Å². The van der Waals surface area contributed by atoms with Crippen LogP contribution in [0.1, 0.15) is 32.4 Å². The van der Waals surface area contributed by atoms with Crippen molar-refractivity contribution in [2.75, 3.05) is 19.7 Å². The van der Waals surface area contributed by atoms with E-state index in [0.717, 1.165) is 5.56 Å². The number of rotatable bonds is 2. The van der Waals surface area contributed by atoms with Gasteiger partial charge in [-0.15, -0.1) is 0 Å². The van der Waals surface area contributed by atoms with Gasteiger partial charge in [0.2, 0.25) is 0 Å². The summed E-state index contributed by atoms with van der Waals surface area (Å²) in [7, 11) is 0. The topological polar surface area (TPSA) is 59.0 Å². The van der Waals surface area contributed by atoms with Gasteiger partial charge in [-0.3, -0.25) is 0 Å². The summed E-state index contributed by atoms with van der Waals surface area (Å²) in [5.74, 6) is 0. The average molecular weight is 293 g/mol. The number of hydrogen-bond donors (Lipinski definition) is 1. The largest absolute Gasteiger partial charge is 0.444 e.